The van der Waals surface area contributed by atoms with E-state index >= 15 is 0 Å². The summed E-state index contributed by atoms with van der Waals surface area (Å²) in [4.78, 5) is 22.9. The lowest BCUT2D eigenvalue weighted by Crippen LogP contribution is -2.59. The van der Waals surface area contributed by atoms with Crippen LogP contribution in [0.1, 0.15) is 37.8 Å². The van der Waals surface area contributed by atoms with Gasteiger partial charge in [-0.05, 0) is 18.9 Å². The predicted molar refractivity (Wildman–Crippen MR) is 92.3 cm³/mol. The van der Waals surface area contributed by atoms with Crippen LogP contribution < -0.4 is 5.32 Å². The van der Waals surface area contributed by atoms with E-state index in [0.717, 1.165) is 39.1 Å². The molecule has 1 aliphatic carbocycles. The third kappa shape index (κ3) is 4.39. The molecule has 2 fully saturated rings. The van der Waals surface area contributed by atoms with E-state index in [1.54, 1.807) is 30.7 Å². The highest BCUT2D eigenvalue weighted by Gasteiger charge is 2.38. The van der Waals surface area contributed by atoms with Crippen LogP contribution in [0.3, 0.4) is 0 Å². The molecule has 1 aromatic heterocycles. The minimum Gasteiger partial charge on any atom is -0.379 e. The molecule has 1 amide bonds. The molecule has 1 saturated heterocycles. The number of aromatic nitrogens is 2. The lowest BCUT2D eigenvalue weighted by molar-refractivity contribution is -0.117. The van der Waals surface area contributed by atoms with Gasteiger partial charge in [0.05, 0.1) is 25.1 Å². The van der Waals surface area contributed by atoms with E-state index < -0.39 is 0 Å². The van der Waals surface area contributed by atoms with Crippen LogP contribution in [0.25, 0.3) is 6.08 Å². The van der Waals surface area contributed by atoms with Crippen molar-refractivity contribution in [3.05, 3.63) is 30.4 Å². The van der Waals surface area contributed by atoms with Crippen molar-refractivity contribution in [3.63, 3.8) is 0 Å². The largest absolute Gasteiger partial charge is 0.379 e. The number of hydrogen-bond donors (Lipinski definition) is 1. The van der Waals surface area contributed by atoms with Crippen LogP contribution in [0.15, 0.2) is 24.7 Å². The Morgan fingerprint density at radius 1 is 1.25 bits per heavy atom. The van der Waals surface area contributed by atoms with E-state index in [1.165, 1.54) is 19.3 Å². The molecule has 0 atom stereocenters. The fourth-order valence-electron chi connectivity index (χ4n) is 3.72. The Kier molecular flexibility index (Phi) is 5.93. The first kappa shape index (κ1) is 17.0. The first-order valence-electron chi connectivity index (χ1n) is 8.83. The van der Waals surface area contributed by atoms with Gasteiger partial charge in [-0.15, -0.1) is 0 Å². The summed E-state index contributed by atoms with van der Waals surface area (Å²) in [6.45, 7) is 4.22. The summed E-state index contributed by atoms with van der Waals surface area (Å²) in [5.74, 6) is -0.0705. The number of nitrogens with zero attached hydrogens (tertiary/aromatic N) is 3. The molecule has 130 valence electrons. The fourth-order valence-corrected chi connectivity index (χ4v) is 3.72. The zero-order chi connectivity index (χ0) is 16.7. The molecular formula is C18H26N4O2. The van der Waals surface area contributed by atoms with Gasteiger partial charge in [0.25, 0.3) is 0 Å². The van der Waals surface area contributed by atoms with Crippen LogP contribution >= 0.6 is 0 Å². The maximum absolute atomic E-state index is 12.2. The summed E-state index contributed by atoms with van der Waals surface area (Å²) >= 11 is 0. The number of rotatable bonds is 5. The molecule has 0 radical (unpaired) electrons. The van der Waals surface area contributed by atoms with Gasteiger partial charge >= 0.3 is 0 Å². The lowest BCUT2D eigenvalue weighted by Gasteiger charge is -2.48. The molecule has 1 aromatic rings. The number of carbonyl (C=O) groups excluding carboxylic acids is 1. The molecule has 2 aliphatic rings. The summed E-state index contributed by atoms with van der Waals surface area (Å²) in [6.07, 6.45) is 14.2. The highest BCUT2D eigenvalue weighted by molar-refractivity contribution is 5.91. The Morgan fingerprint density at radius 2 is 2.04 bits per heavy atom. The van der Waals surface area contributed by atoms with Gasteiger partial charge in [-0.25, -0.2) is 0 Å². The molecule has 1 saturated carbocycles. The quantitative estimate of drug-likeness (QED) is 0.832. The lowest BCUT2D eigenvalue weighted by atomic mass is 9.79. The van der Waals surface area contributed by atoms with Gasteiger partial charge in [0.1, 0.15) is 0 Å². The van der Waals surface area contributed by atoms with Gasteiger partial charge in [-0.2, -0.15) is 0 Å². The first-order valence-corrected chi connectivity index (χ1v) is 8.83. The van der Waals surface area contributed by atoms with E-state index in [9.17, 15) is 4.79 Å². The fraction of sp³-hybridized carbons (Fsp3) is 0.611. The molecule has 3 rings (SSSR count). The molecule has 0 aromatic carbocycles. The van der Waals surface area contributed by atoms with Gasteiger partial charge in [-0.3, -0.25) is 19.7 Å². The number of amides is 1. The van der Waals surface area contributed by atoms with Crippen LogP contribution in [0, 0.1) is 0 Å². The number of nitrogens with one attached hydrogen (secondary N) is 1. The molecule has 0 spiro atoms. The summed E-state index contributed by atoms with van der Waals surface area (Å²) in [5.41, 5.74) is 0.783. The number of carbonyl (C=O) groups is 1. The monoisotopic (exact) mass is 330 g/mol. The van der Waals surface area contributed by atoms with Crippen molar-refractivity contribution < 1.29 is 9.53 Å². The van der Waals surface area contributed by atoms with Crippen LogP contribution in [-0.4, -0.2) is 59.2 Å². The average molecular weight is 330 g/mol. The predicted octanol–water partition coefficient (Wildman–Crippen LogP) is 1.64. The van der Waals surface area contributed by atoms with Gasteiger partial charge in [-0.1, -0.05) is 19.3 Å². The molecule has 6 nitrogen and oxygen atoms in total. The molecule has 1 aliphatic heterocycles. The number of hydrogen-bond acceptors (Lipinski definition) is 5. The topological polar surface area (TPSA) is 67.4 Å². The van der Waals surface area contributed by atoms with Crippen molar-refractivity contribution >= 4 is 12.0 Å². The zero-order valence-corrected chi connectivity index (χ0v) is 14.1. The van der Waals surface area contributed by atoms with Crippen LogP contribution in [0.5, 0.6) is 0 Å². The standard InChI is InChI=1S/C18H26N4O2/c23-17(5-4-16-14-19-8-9-20-16)21-15-18(6-2-1-3-7-18)22-10-12-24-13-11-22/h4-5,8-9,14H,1-3,6-7,10-13,15H2,(H,21,23)/b5-4-. The Balaban J connectivity index is 1.58. The first-order chi connectivity index (χ1) is 11.8. The minimum atomic E-state index is -0.0705. The maximum atomic E-state index is 12.2. The van der Waals surface area contributed by atoms with Crippen LogP contribution in [0.2, 0.25) is 0 Å². The van der Waals surface area contributed by atoms with Gasteiger partial charge < -0.3 is 10.1 Å². The molecule has 2 heterocycles. The Morgan fingerprint density at radius 3 is 2.75 bits per heavy atom. The summed E-state index contributed by atoms with van der Waals surface area (Å²) in [6, 6.07) is 0. The summed E-state index contributed by atoms with van der Waals surface area (Å²) < 4.78 is 5.50. The van der Waals surface area contributed by atoms with Gasteiger partial charge in [0.2, 0.25) is 5.91 Å². The van der Waals surface area contributed by atoms with Crippen LogP contribution in [-0.2, 0) is 9.53 Å². The van der Waals surface area contributed by atoms with E-state index in [2.05, 4.69) is 20.2 Å². The highest BCUT2D eigenvalue weighted by atomic mass is 16.5. The van der Waals surface area contributed by atoms with E-state index in [1.807, 2.05) is 0 Å². The summed E-state index contributed by atoms with van der Waals surface area (Å²) in [7, 11) is 0. The van der Waals surface area contributed by atoms with Gasteiger partial charge in [0.15, 0.2) is 0 Å². The Labute approximate surface area is 143 Å². The van der Waals surface area contributed by atoms with Crippen LogP contribution in [0.4, 0.5) is 0 Å². The number of morpholine rings is 1. The van der Waals surface area contributed by atoms with E-state index in [0.29, 0.717) is 12.2 Å². The number of ether oxygens (including phenoxy) is 1. The SMILES string of the molecule is O=C(/C=C\c1cnccn1)NCC1(N2CCOCC2)CCCCC1. The third-order valence-electron chi connectivity index (χ3n) is 5.05. The smallest absolute Gasteiger partial charge is 0.244 e. The van der Waals surface area contributed by atoms with Crippen molar-refractivity contribution in [1.29, 1.82) is 0 Å². The van der Waals surface area contributed by atoms with Crippen molar-refractivity contribution in [2.45, 2.75) is 37.6 Å². The molecule has 0 bridgehead atoms. The second-order valence-corrected chi connectivity index (χ2v) is 6.57. The molecule has 6 heteroatoms. The third-order valence-corrected chi connectivity index (χ3v) is 5.05. The summed E-state index contributed by atoms with van der Waals surface area (Å²) in [5, 5.41) is 3.10. The Hall–Kier alpha value is -1.79. The molecule has 24 heavy (non-hydrogen) atoms. The minimum absolute atomic E-state index is 0.0705. The zero-order valence-electron chi connectivity index (χ0n) is 14.1. The van der Waals surface area contributed by atoms with Crippen molar-refractivity contribution in [3.8, 4) is 0 Å². The van der Waals surface area contributed by atoms with Crippen molar-refractivity contribution in [2.75, 3.05) is 32.8 Å². The van der Waals surface area contributed by atoms with E-state index in [-0.39, 0.29) is 11.4 Å². The molecule has 1 N–H and O–H groups in total. The Bertz CT molecular complexity index is 549. The normalized spacial score (nSPS) is 21.7. The van der Waals surface area contributed by atoms with Crippen molar-refractivity contribution in [2.24, 2.45) is 0 Å². The van der Waals surface area contributed by atoms with Crippen molar-refractivity contribution in [1.82, 2.24) is 20.2 Å². The second-order valence-electron chi connectivity index (χ2n) is 6.57. The highest BCUT2D eigenvalue weighted by Crippen LogP contribution is 2.33. The maximum Gasteiger partial charge on any atom is 0.244 e. The molecule has 0 unspecified atom stereocenters. The average Bonchev–Trinajstić information content (AvgIpc) is 2.67. The van der Waals surface area contributed by atoms with Gasteiger partial charge in [0, 0.05) is 43.6 Å². The molecular weight excluding hydrogens is 304 g/mol. The van der Waals surface area contributed by atoms with E-state index in [4.69, 9.17) is 4.74 Å². The second kappa shape index (κ2) is 8.35.